The zero-order chi connectivity index (χ0) is 19.6. The first-order valence-electron chi connectivity index (χ1n) is 8.67. The third kappa shape index (κ3) is 4.66. The van der Waals surface area contributed by atoms with Crippen LogP contribution < -0.4 is 5.63 Å². The van der Waals surface area contributed by atoms with Crippen molar-refractivity contribution in [1.82, 2.24) is 0 Å². The summed E-state index contributed by atoms with van der Waals surface area (Å²) in [5.74, 6) is 1.20. The molecule has 0 aliphatic carbocycles. The van der Waals surface area contributed by atoms with Crippen LogP contribution in [0.5, 0.6) is 5.75 Å². The molecule has 0 saturated heterocycles. The molecule has 140 valence electrons. The summed E-state index contributed by atoms with van der Waals surface area (Å²) in [7, 11) is 0. The van der Waals surface area contributed by atoms with E-state index >= 15 is 0 Å². The lowest BCUT2D eigenvalue weighted by molar-refractivity contribution is 0.430. The molecule has 3 aromatic rings. The normalized spacial score (nSPS) is 11.0. The minimum Gasteiger partial charge on any atom is -0.507 e. The number of thioether (sulfide) groups is 1. The maximum atomic E-state index is 12.6. The molecule has 0 amide bonds. The number of hydrogen-bond acceptors (Lipinski definition) is 4. The Hall–Kier alpha value is -1.98. The van der Waals surface area contributed by atoms with Gasteiger partial charge in [-0.1, -0.05) is 39.7 Å². The van der Waals surface area contributed by atoms with Crippen LogP contribution >= 0.6 is 27.7 Å². The first-order valence-corrected chi connectivity index (χ1v) is 10.5. The van der Waals surface area contributed by atoms with Crippen LogP contribution in [-0.2, 0) is 6.42 Å². The summed E-state index contributed by atoms with van der Waals surface area (Å²) >= 11 is 5.19. The van der Waals surface area contributed by atoms with Crippen molar-refractivity contribution >= 4 is 27.7 Å². The Morgan fingerprint density at radius 2 is 1.70 bits per heavy atom. The van der Waals surface area contributed by atoms with Crippen molar-refractivity contribution in [2.24, 2.45) is 0 Å². The Labute approximate surface area is 171 Å². The second-order valence-electron chi connectivity index (χ2n) is 6.61. The highest BCUT2D eigenvalue weighted by molar-refractivity contribution is 9.10. The van der Waals surface area contributed by atoms with Gasteiger partial charge >= 0.3 is 5.63 Å². The Morgan fingerprint density at radius 1 is 1.00 bits per heavy atom. The van der Waals surface area contributed by atoms with Crippen molar-refractivity contribution in [3.8, 4) is 16.9 Å². The fourth-order valence-corrected chi connectivity index (χ4v) is 4.76. The fourth-order valence-electron chi connectivity index (χ4n) is 3.02. The van der Waals surface area contributed by atoms with Gasteiger partial charge < -0.3 is 9.52 Å². The summed E-state index contributed by atoms with van der Waals surface area (Å²) in [5.41, 5.74) is 3.58. The third-order valence-corrected chi connectivity index (χ3v) is 5.94. The van der Waals surface area contributed by atoms with E-state index in [1.807, 2.05) is 26.0 Å². The van der Waals surface area contributed by atoms with E-state index < -0.39 is 5.63 Å². The van der Waals surface area contributed by atoms with Gasteiger partial charge in [0.15, 0.2) is 0 Å². The molecule has 0 aliphatic rings. The fraction of sp³-hybridized carbons (Fsp3) is 0.227. The largest absolute Gasteiger partial charge is 0.507 e. The van der Waals surface area contributed by atoms with Crippen molar-refractivity contribution in [2.75, 3.05) is 5.75 Å². The standard InChI is InChI=1S/C22H21BrO3S/c1-13-4-6-17(7-5-13)27-9-8-16-12-19(24)21(22(25)26-16)20-15(3)10-14(2)11-18(20)23/h4-7,10-12,24H,8-9H2,1-3H3. The van der Waals surface area contributed by atoms with Crippen LogP contribution in [0.15, 0.2) is 61.0 Å². The van der Waals surface area contributed by atoms with Gasteiger partial charge in [-0.3, -0.25) is 0 Å². The molecule has 1 heterocycles. The molecular formula is C22H21BrO3S. The van der Waals surface area contributed by atoms with Crippen LogP contribution in [0.4, 0.5) is 0 Å². The van der Waals surface area contributed by atoms with Gasteiger partial charge in [-0.2, -0.15) is 0 Å². The van der Waals surface area contributed by atoms with Crippen molar-refractivity contribution < 1.29 is 9.52 Å². The average Bonchev–Trinajstić information content (AvgIpc) is 2.58. The van der Waals surface area contributed by atoms with Crippen molar-refractivity contribution in [3.63, 3.8) is 0 Å². The summed E-state index contributed by atoms with van der Waals surface area (Å²) in [6.07, 6.45) is 0.565. The molecule has 5 heteroatoms. The van der Waals surface area contributed by atoms with E-state index in [9.17, 15) is 9.90 Å². The molecule has 1 aromatic heterocycles. The summed E-state index contributed by atoms with van der Waals surface area (Å²) in [6.45, 7) is 5.96. The molecule has 0 saturated carbocycles. The molecule has 2 aromatic carbocycles. The maximum absolute atomic E-state index is 12.6. The first kappa shape index (κ1) is 19.8. The third-order valence-electron chi connectivity index (χ3n) is 4.30. The van der Waals surface area contributed by atoms with Gasteiger partial charge in [0.1, 0.15) is 17.1 Å². The molecule has 27 heavy (non-hydrogen) atoms. The summed E-state index contributed by atoms with van der Waals surface area (Å²) < 4.78 is 6.26. The molecule has 3 rings (SSSR count). The highest BCUT2D eigenvalue weighted by atomic mass is 79.9. The lowest BCUT2D eigenvalue weighted by atomic mass is 9.99. The second-order valence-corrected chi connectivity index (χ2v) is 8.63. The van der Waals surface area contributed by atoms with Crippen molar-refractivity contribution in [3.05, 3.63) is 79.8 Å². The predicted octanol–water partition coefficient (Wildman–Crippen LogP) is 6.03. The molecule has 0 radical (unpaired) electrons. The highest BCUT2D eigenvalue weighted by Gasteiger charge is 2.18. The quantitative estimate of drug-likeness (QED) is 0.487. The molecule has 0 unspecified atom stereocenters. The van der Waals surface area contributed by atoms with E-state index in [0.29, 0.717) is 17.7 Å². The van der Waals surface area contributed by atoms with E-state index in [0.717, 1.165) is 21.4 Å². The van der Waals surface area contributed by atoms with Gasteiger partial charge in [0.2, 0.25) is 0 Å². The van der Waals surface area contributed by atoms with Gasteiger partial charge in [-0.15, -0.1) is 11.8 Å². The van der Waals surface area contributed by atoms with E-state index in [-0.39, 0.29) is 11.3 Å². The number of aromatic hydroxyl groups is 1. The minimum absolute atomic E-state index is 0.0470. The van der Waals surface area contributed by atoms with Crippen LogP contribution in [0.1, 0.15) is 22.5 Å². The van der Waals surface area contributed by atoms with E-state index in [2.05, 4.69) is 47.1 Å². The van der Waals surface area contributed by atoms with Gasteiger partial charge in [0.05, 0.1) is 0 Å². The summed E-state index contributed by atoms with van der Waals surface area (Å²) in [6, 6.07) is 13.8. The highest BCUT2D eigenvalue weighted by Crippen LogP contribution is 2.36. The van der Waals surface area contributed by atoms with Gasteiger partial charge in [-0.25, -0.2) is 4.79 Å². The van der Waals surface area contributed by atoms with Crippen LogP contribution in [-0.4, -0.2) is 10.9 Å². The Morgan fingerprint density at radius 3 is 2.33 bits per heavy atom. The van der Waals surface area contributed by atoms with Gasteiger partial charge in [0.25, 0.3) is 0 Å². The molecule has 0 bridgehead atoms. The van der Waals surface area contributed by atoms with Crippen LogP contribution in [0.2, 0.25) is 0 Å². The number of rotatable bonds is 5. The predicted molar refractivity (Wildman–Crippen MR) is 115 cm³/mol. The van der Waals surface area contributed by atoms with E-state index in [4.69, 9.17) is 4.42 Å². The average molecular weight is 445 g/mol. The molecule has 0 fully saturated rings. The van der Waals surface area contributed by atoms with E-state index in [1.54, 1.807) is 17.8 Å². The van der Waals surface area contributed by atoms with Crippen LogP contribution in [0, 0.1) is 20.8 Å². The topological polar surface area (TPSA) is 50.4 Å². The SMILES string of the molecule is Cc1ccc(SCCc2cc(O)c(-c3c(C)cc(C)cc3Br)c(=O)o2)cc1. The molecule has 3 nitrogen and oxygen atoms in total. The van der Waals surface area contributed by atoms with Gasteiger partial charge in [-0.05, 0) is 50.1 Å². The van der Waals surface area contributed by atoms with E-state index in [1.165, 1.54) is 10.5 Å². The molecular weight excluding hydrogens is 424 g/mol. The first-order chi connectivity index (χ1) is 12.8. The molecule has 0 aliphatic heterocycles. The summed E-state index contributed by atoms with van der Waals surface area (Å²) in [5, 5.41) is 10.5. The van der Waals surface area contributed by atoms with Gasteiger partial charge in [0, 0.05) is 33.2 Å². The Bertz CT molecular complexity index is 1000. The Kier molecular flexibility index (Phi) is 6.12. The molecule has 1 N–H and O–H groups in total. The smallest absolute Gasteiger partial charge is 0.347 e. The zero-order valence-electron chi connectivity index (χ0n) is 15.5. The summed E-state index contributed by atoms with van der Waals surface area (Å²) in [4.78, 5) is 13.7. The lowest BCUT2D eigenvalue weighted by Gasteiger charge is -2.11. The zero-order valence-corrected chi connectivity index (χ0v) is 17.9. The lowest BCUT2D eigenvalue weighted by Crippen LogP contribution is -2.07. The maximum Gasteiger partial charge on any atom is 0.347 e. The van der Waals surface area contributed by atoms with Crippen LogP contribution in [0.3, 0.4) is 0 Å². The minimum atomic E-state index is -0.516. The molecule has 0 spiro atoms. The number of hydrogen-bond donors (Lipinski definition) is 1. The second kappa shape index (κ2) is 8.36. The number of halogens is 1. The van der Waals surface area contributed by atoms with Crippen molar-refractivity contribution in [1.29, 1.82) is 0 Å². The Balaban J connectivity index is 1.81. The molecule has 0 atom stereocenters. The monoisotopic (exact) mass is 444 g/mol. The number of aryl methyl sites for hydroxylation is 4. The number of benzene rings is 2. The van der Waals surface area contributed by atoms with Crippen molar-refractivity contribution in [2.45, 2.75) is 32.1 Å². The van der Waals surface area contributed by atoms with Crippen LogP contribution in [0.25, 0.3) is 11.1 Å².